The molecular formula is C22H15BrCl2N6. The Morgan fingerprint density at radius 3 is 1.90 bits per heavy atom. The van der Waals surface area contributed by atoms with Gasteiger partial charge in [0.15, 0.2) is 10.3 Å². The summed E-state index contributed by atoms with van der Waals surface area (Å²) in [6.45, 7) is 0. The molecule has 4 heterocycles. The number of aromatic nitrogens is 6. The molecule has 0 spiro atoms. The Balaban J connectivity index is 0.000000132. The van der Waals surface area contributed by atoms with Crippen molar-refractivity contribution in [2.24, 2.45) is 14.1 Å². The molecule has 0 saturated heterocycles. The van der Waals surface area contributed by atoms with Crippen molar-refractivity contribution < 1.29 is 0 Å². The first kappa shape index (κ1) is 20.2. The van der Waals surface area contributed by atoms with Crippen LogP contribution in [0.1, 0.15) is 0 Å². The standard InChI is InChI=1S/C11H7BrClN3.C11H8ClN3/c1-16-8-3-2-6(12)4-7(8)9-10(16)11(13)15-5-14-9;1-15-8-5-3-2-4-7(8)9-10(15)11(12)14-6-13-9/h2-5H,1H3;2-6H,1H3. The van der Waals surface area contributed by atoms with Gasteiger partial charge in [-0.25, -0.2) is 19.9 Å². The van der Waals surface area contributed by atoms with Gasteiger partial charge < -0.3 is 9.13 Å². The van der Waals surface area contributed by atoms with Crippen molar-refractivity contribution in [1.29, 1.82) is 0 Å². The molecule has 0 amide bonds. The molecule has 0 radical (unpaired) electrons. The van der Waals surface area contributed by atoms with Gasteiger partial charge in [-0.1, -0.05) is 57.3 Å². The number of fused-ring (bicyclic) bond motifs is 6. The monoisotopic (exact) mass is 512 g/mol. The molecule has 154 valence electrons. The molecule has 4 aromatic heterocycles. The highest BCUT2D eigenvalue weighted by molar-refractivity contribution is 9.10. The van der Waals surface area contributed by atoms with Crippen LogP contribution in [-0.2, 0) is 14.1 Å². The van der Waals surface area contributed by atoms with Crippen LogP contribution < -0.4 is 0 Å². The molecule has 2 aromatic carbocycles. The molecule has 0 aliphatic heterocycles. The molecule has 9 heteroatoms. The lowest BCUT2D eigenvalue weighted by Crippen LogP contribution is -1.89. The van der Waals surface area contributed by atoms with Gasteiger partial charge in [0, 0.05) is 29.3 Å². The molecule has 6 aromatic rings. The normalized spacial score (nSPS) is 11.4. The minimum Gasteiger partial charge on any atom is -0.340 e. The molecular weight excluding hydrogens is 499 g/mol. The van der Waals surface area contributed by atoms with Crippen molar-refractivity contribution in [2.75, 3.05) is 0 Å². The zero-order valence-corrected chi connectivity index (χ0v) is 19.6. The maximum atomic E-state index is 6.09. The largest absolute Gasteiger partial charge is 0.340 e. The Hall–Kier alpha value is -2.74. The predicted molar refractivity (Wildman–Crippen MR) is 130 cm³/mol. The summed E-state index contributed by atoms with van der Waals surface area (Å²) >= 11 is 15.6. The quantitative estimate of drug-likeness (QED) is 0.223. The van der Waals surface area contributed by atoms with Crippen LogP contribution >= 0.6 is 39.1 Å². The van der Waals surface area contributed by atoms with E-state index in [2.05, 4.69) is 35.9 Å². The Labute approximate surface area is 195 Å². The van der Waals surface area contributed by atoms with Gasteiger partial charge in [0.2, 0.25) is 0 Å². The Kier molecular flexibility index (Phi) is 5.04. The highest BCUT2D eigenvalue weighted by atomic mass is 79.9. The third kappa shape index (κ3) is 3.24. The van der Waals surface area contributed by atoms with Gasteiger partial charge in [-0.3, -0.25) is 0 Å². The SMILES string of the molecule is Cn1c2ccc(Br)cc2c2ncnc(Cl)c21.Cn1c2ccccc2c2ncnc(Cl)c21. The lowest BCUT2D eigenvalue weighted by atomic mass is 10.2. The Morgan fingerprint density at radius 2 is 1.26 bits per heavy atom. The van der Waals surface area contributed by atoms with E-state index in [0.717, 1.165) is 48.3 Å². The van der Waals surface area contributed by atoms with Gasteiger partial charge in [-0.05, 0) is 24.3 Å². The van der Waals surface area contributed by atoms with Crippen LogP contribution in [0.5, 0.6) is 0 Å². The fraction of sp³-hybridized carbons (Fsp3) is 0.0909. The zero-order valence-electron chi connectivity index (χ0n) is 16.5. The van der Waals surface area contributed by atoms with Gasteiger partial charge in [0.25, 0.3) is 0 Å². The van der Waals surface area contributed by atoms with Gasteiger partial charge in [0.05, 0.1) is 11.0 Å². The Morgan fingerprint density at radius 1 is 0.710 bits per heavy atom. The van der Waals surface area contributed by atoms with Crippen molar-refractivity contribution in [3.05, 3.63) is 69.9 Å². The van der Waals surface area contributed by atoms with Crippen LogP contribution in [0.15, 0.2) is 59.6 Å². The molecule has 0 bridgehead atoms. The van der Waals surface area contributed by atoms with Crippen LogP contribution in [0.4, 0.5) is 0 Å². The summed E-state index contributed by atoms with van der Waals surface area (Å²) in [6, 6.07) is 14.2. The summed E-state index contributed by atoms with van der Waals surface area (Å²) in [5, 5.41) is 3.17. The number of hydrogen-bond acceptors (Lipinski definition) is 4. The summed E-state index contributed by atoms with van der Waals surface area (Å²) < 4.78 is 5.06. The van der Waals surface area contributed by atoms with Gasteiger partial charge in [-0.2, -0.15) is 0 Å². The van der Waals surface area contributed by atoms with Gasteiger partial charge in [0.1, 0.15) is 34.7 Å². The molecule has 6 nitrogen and oxygen atoms in total. The summed E-state index contributed by atoms with van der Waals surface area (Å²) in [6.07, 6.45) is 2.99. The summed E-state index contributed by atoms with van der Waals surface area (Å²) in [7, 11) is 3.94. The number of nitrogens with zero attached hydrogens (tertiary/aromatic N) is 6. The van der Waals surface area contributed by atoms with Crippen LogP contribution in [0.25, 0.3) is 43.9 Å². The van der Waals surface area contributed by atoms with E-state index in [1.165, 1.54) is 12.7 Å². The molecule has 0 atom stereocenters. The van der Waals surface area contributed by atoms with Crippen LogP contribution in [-0.4, -0.2) is 29.1 Å². The molecule has 0 aliphatic rings. The van der Waals surface area contributed by atoms with Crippen molar-refractivity contribution in [3.8, 4) is 0 Å². The third-order valence-corrected chi connectivity index (χ3v) is 6.37. The maximum absolute atomic E-state index is 6.09. The Bertz CT molecular complexity index is 1600. The number of benzene rings is 2. The van der Waals surface area contributed by atoms with E-state index in [1.807, 2.05) is 65.7 Å². The van der Waals surface area contributed by atoms with Crippen molar-refractivity contribution in [2.45, 2.75) is 0 Å². The number of rotatable bonds is 0. The third-order valence-electron chi connectivity index (χ3n) is 5.32. The molecule has 0 unspecified atom stereocenters. The highest BCUT2D eigenvalue weighted by Crippen LogP contribution is 2.31. The summed E-state index contributed by atoms with van der Waals surface area (Å²) in [5.74, 6) is 0. The predicted octanol–water partition coefficient (Wildman–Crippen LogP) is 6.31. The second kappa shape index (κ2) is 7.75. The van der Waals surface area contributed by atoms with Gasteiger partial charge in [-0.15, -0.1) is 0 Å². The number of aryl methyl sites for hydroxylation is 2. The number of para-hydroxylation sites is 1. The minimum absolute atomic E-state index is 0.486. The lowest BCUT2D eigenvalue weighted by molar-refractivity contribution is 1.00. The molecule has 0 aliphatic carbocycles. The average molecular weight is 514 g/mol. The van der Waals surface area contributed by atoms with Crippen molar-refractivity contribution in [1.82, 2.24) is 29.1 Å². The van der Waals surface area contributed by atoms with E-state index < -0.39 is 0 Å². The number of halogens is 3. The molecule has 0 N–H and O–H groups in total. The maximum Gasteiger partial charge on any atom is 0.156 e. The first-order valence-electron chi connectivity index (χ1n) is 9.35. The van der Waals surface area contributed by atoms with Crippen LogP contribution in [0.3, 0.4) is 0 Å². The summed E-state index contributed by atoms with van der Waals surface area (Å²) in [4.78, 5) is 16.6. The minimum atomic E-state index is 0.486. The topological polar surface area (TPSA) is 61.4 Å². The van der Waals surface area contributed by atoms with Crippen LogP contribution in [0.2, 0.25) is 10.3 Å². The lowest BCUT2D eigenvalue weighted by Gasteiger charge is -1.97. The average Bonchev–Trinajstić information content (AvgIpc) is 3.22. The van der Waals surface area contributed by atoms with Crippen molar-refractivity contribution in [3.63, 3.8) is 0 Å². The van der Waals surface area contributed by atoms with E-state index in [0.29, 0.717) is 10.3 Å². The first-order chi connectivity index (χ1) is 15.0. The smallest absolute Gasteiger partial charge is 0.156 e. The summed E-state index contributed by atoms with van der Waals surface area (Å²) in [5.41, 5.74) is 5.78. The second-order valence-electron chi connectivity index (χ2n) is 7.02. The molecule has 6 rings (SSSR count). The van der Waals surface area contributed by atoms with Crippen molar-refractivity contribution >= 4 is 83.0 Å². The molecule has 31 heavy (non-hydrogen) atoms. The van der Waals surface area contributed by atoms with E-state index in [4.69, 9.17) is 23.2 Å². The fourth-order valence-electron chi connectivity index (χ4n) is 3.90. The van der Waals surface area contributed by atoms with E-state index in [-0.39, 0.29) is 0 Å². The highest BCUT2D eigenvalue weighted by Gasteiger charge is 2.13. The first-order valence-corrected chi connectivity index (χ1v) is 10.9. The second-order valence-corrected chi connectivity index (χ2v) is 8.65. The fourth-order valence-corrected chi connectivity index (χ4v) is 4.78. The molecule has 0 saturated carbocycles. The number of hydrogen-bond donors (Lipinski definition) is 0. The van der Waals surface area contributed by atoms with E-state index in [1.54, 1.807) is 0 Å². The van der Waals surface area contributed by atoms with E-state index >= 15 is 0 Å². The van der Waals surface area contributed by atoms with E-state index in [9.17, 15) is 0 Å². The van der Waals surface area contributed by atoms with Crippen LogP contribution in [0, 0.1) is 0 Å². The zero-order chi connectivity index (χ0) is 21.7. The van der Waals surface area contributed by atoms with Gasteiger partial charge >= 0.3 is 0 Å². The molecule has 0 fully saturated rings.